The highest BCUT2D eigenvalue weighted by molar-refractivity contribution is 6.35. The van der Waals surface area contributed by atoms with Crippen LogP contribution in [-0.4, -0.2) is 12.0 Å². The smallest absolute Gasteiger partial charge is 0.261 e. The maximum absolute atomic E-state index is 12.9. The first-order chi connectivity index (χ1) is 11.0. The number of rotatable bonds is 6. The van der Waals surface area contributed by atoms with E-state index in [2.05, 4.69) is 5.32 Å². The molecule has 0 aliphatic heterocycles. The fourth-order valence-electron chi connectivity index (χ4n) is 1.96. The van der Waals surface area contributed by atoms with Crippen LogP contribution in [-0.2, 0) is 11.3 Å². The Labute approximate surface area is 144 Å². The van der Waals surface area contributed by atoms with Crippen LogP contribution in [0.15, 0.2) is 42.5 Å². The molecule has 0 bridgehead atoms. The minimum absolute atomic E-state index is 0.261. The SMILES string of the molecule is CCC(Oc1ccc(F)cc1)C(=O)NCc1ccc(Cl)cc1Cl. The molecule has 2 aromatic carbocycles. The van der Waals surface area contributed by atoms with E-state index in [-0.39, 0.29) is 18.3 Å². The zero-order valence-corrected chi connectivity index (χ0v) is 14.0. The maximum atomic E-state index is 12.9. The number of halogens is 3. The van der Waals surface area contributed by atoms with E-state index in [1.54, 1.807) is 18.2 Å². The summed E-state index contributed by atoms with van der Waals surface area (Å²) in [4.78, 5) is 12.2. The zero-order valence-electron chi connectivity index (χ0n) is 12.5. The van der Waals surface area contributed by atoms with Crippen LogP contribution in [0.2, 0.25) is 10.0 Å². The maximum Gasteiger partial charge on any atom is 0.261 e. The van der Waals surface area contributed by atoms with Gasteiger partial charge in [0.05, 0.1) is 0 Å². The summed E-state index contributed by atoms with van der Waals surface area (Å²) in [6.45, 7) is 2.11. The third kappa shape index (κ3) is 5.12. The minimum atomic E-state index is -0.661. The lowest BCUT2D eigenvalue weighted by molar-refractivity contribution is -0.128. The molecule has 0 aliphatic rings. The van der Waals surface area contributed by atoms with Gasteiger partial charge in [0.25, 0.3) is 5.91 Å². The van der Waals surface area contributed by atoms with Crippen molar-refractivity contribution in [2.75, 3.05) is 0 Å². The average Bonchev–Trinajstić information content (AvgIpc) is 2.53. The van der Waals surface area contributed by atoms with Crippen LogP contribution in [0, 0.1) is 5.82 Å². The third-order valence-corrected chi connectivity index (χ3v) is 3.81. The first-order valence-electron chi connectivity index (χ1n) is 7.13. The van der Waals surface area contributed by atoms with Gasteiger partial charge in [0, 0.05) is 16.6 Å². The molecular formula is C17H16Cl2FNO2. The number of ether oxygens (including phenoxy) is 1. The van der Waals surface area contributed by atoms with E-state index in [0.717, 1.165) is 5.56 Å². The Morgan fingerprint density at radius 1 is 1.22 bits per heavy atom. The van der Waals surface area contributed by atoms with Gasteiger partial charge in [-0.2, -0.15) is 0 Å². The standard InChI is InChI=1S/C17H16Cl2FNO2/c1-2-16(23-14-7-5-13(20)6-8-14)17(22)21-10-11-3-4-12(18)9-15(11)19/h3-9,16H,2,10H2,1H3,(H,21,22). The molecule has 3 nitrogen and oxygen atoms in total. The molecule has 0 fully saturated rings. The van der Waals surface area contributed by atoms with Crippen molar-refractivity contribution in [3.8, 4) is 5.75 Å². The van der Waals surface area contributed by atoms with Gasteiger partial charge in [-0.05, 0) is 48.4 Å². The van der Waals surface area contributed by atoms with E-state index in [1.165, 1.54) is 24.3 Å². The fourth-order valence-corrected chi connectivity index (χ4v) is 2.44. The number of hydrogen-bond donors (Lipinski definition) is 1. The van der Waals surface area contributed by atoms with Crippen LogP contribution in [0.4, 0.5) is 4.39 Å². The molecule has 0 radical (unpaired) electrons. The molecule has 1 N–H and O–H groups in total. The van der Waals surface area contributed by atoms with E-state index in [9.17, 15) is 9.18 Å². The minimum Gasteiger partial charge on any atom is -0.481 e. The van der Waals surface area contributed by atoms with Crippen molar-refractivity contribution in [2.45, 2.75) is 26.0 Å². The second-order valence-corrected chi connectivity index (χ2v) is 5.77. The van der Waals surface area contributed by atoms with Gasteiger partial charge < -0.3 is 10.1 Å². The van der Waals surface area contributed by atoms with E-state index in [0.29, 0.717) is 22.2 Å². The average molecular weight is 356 g/mol. The number of carbonyl (C=O) groups excluding carboxylic acids is 1. The summed E-state index contributed by atoms with van der Waals surface area (Å²) in [5.41, 5.74) is 0.765. The molecule has 1 atom stereocenters. The first kappa shape index (κ1) is 17.6. The highest BCUT2D eigenvalue weighted by Crippen LogP contribution is 2.21. The second-order valence-electron chi connectivity index (χ2n) is 4.92. The summed E-state index contributed by atoms with van der Waals surface area (Å²) in [7, 11) is 0. The van der Waals surface area contributed by atoms with Crippen LogP contribution in [0.5, 0.6) is 5.75 Å². The molecule has 0 spiro atoms. The van der Waals surface area contributed by atoms with Crippen molar-refractivity contribution in [3.63, 3.8) is 0 Å². The van der Waals surface area contributed by atoms with E-state index < -0.39 is 6.10 Å². The molecule has 23 heavy (non-hydrogen) atoms. The molecule has 122 valence electrons. The van der Waals surface area contributed by atoms with Gasteiger partial charge in [-0.1, -0.05) is 36.2 Å². The quantitative estimate of drug-likeness (QED) is 0.821. The molecule has 0 heterocycles. The molecule has 2 rings (SSSR count). The Hall–Kier alpha value is -1.78. The lowest BCUT2D eigenvalue weighted by Crippen LogP contribution is -2.37. The van der Waals surface area contributed by atoms with Crippen molar-refractivity contribution >= 4 is 29.1 Å². The molecule has 6 heteroatoms. The normalized spacial score (nSPS) is 11.8. The van der Waals surface area contributed by atoms with Crippen LogP contribution in [0.25, 0.3) is 0 Å². The fraction of sp³-hybridized carbons (Fsp3) is 0.235. The van der Waals surface area contributed by atoms with Crippen molar-refractivity contribution in [3.05, 3.63) is 63.9 Å². The molecular weight excluding hydrogens is 340 g/mol. The number of nitrogens with one attached hydrogen (secondary N) is 1. The van der Waals surface area contributed by atoms with Gasteiger partial charge in [0.2, 0.25) is 0 Å². The van der Waals surface area contributed by atoms with E-state index >= 15 is 0 Å². The lowest BCUT2D eigenvalue weighted by Gasteiger charge is -2.17. The summed E-state index contributed by atoms with van der Waals surface area (Å²) in [6, 6.07) is 10.6. The van der Waals surface area contributed by atoms with Crippen LogP contribution in [0.3, 0.4) is 0 Å². The second kappa shape index (κ2) is 8.18. The number of carbonyl (C=O) groups is 1. The molecule has 0 aliphatic carbocycles. The predicted molar refractivity (Wildman–Crippen MR) is 89.4 cm³/mol. The van der Waals surface area contributed by atoms with Gasteiger partial charge in [-0.25, -0.2) is 4.39 Å². The zero-order chi connectivity index (χ0) is 16.8. The van der Waals surface area contributed by atoms with E-state index in [1.807, 2.05) is 6.92 Å². The Bertz CT molecular complexity index is 677. The van der Waals surface area contributed by atoms with Crippen LogP contribution < -0.4 is 10.1 Å². The number of benzene rings is 2. The first-order valence-corrected chi connectivity index (χ1v) is 7.89. The van der Waals surface area contributed by atoms with Gasteiger partial charge in [-0.15, -0.1) is 0 Å². The van der Waals surface area contributed by atoms with Crippen LogP contribution >= 0.6 is 23.2 Å². The van der Waals surface area contributed by atoms with Crippen molar-refractivity contribution < 1.29 is 13.9 Å². The summed E-state index contributed by atoms with van der Waals surface area (Å²) >= 11 is 11.9. The Morgan fingerprint density at radius 2 is 1.91 bits per heavy atom. The molecule has 0 saturated heterocycles. The molecule has 1 amide bonds. The molecule has 0 aromatic heterocycles. The molecule has 0 saturated carbocycles. The Balaban J connectivity index is 1.95. The summed E-state index contributed by atoms with van der Waals surface area (Å²) in [6.07, 6.45) is -0.177. The number of amides is 1. The third-order valence-electron chi connectivity index (χ3n) is 3.22. The highest BCUT2D eigenvalue weighted by Gasteiger charge is 2.18. The van der Waals surface area contributed by atoms with Crippen molar-refractivity contribution in [2.24, 2.45) is 0 Å². The van der Waals surface area contributed by atoms with E-state index in [4.69, 9.17) is 27.9 Å². The van der Waals surface area contributed by atoms with Crippen LogP contribution in [0.1, 0.15) is 18.9 Å². The van der Waals surface area contributed by atoms with Crippen molar-refractivity contribution in [1.29, 1.82) is 0 Å². The highest BCUT2D eigenvalue weighted by atomic mass is 35.5. The lowest BCUT2D eigenvalue weighted by atomic mass is 10.2. The number of hydrogen-bond acceptors (Lipinski definition) is 2. The van der Waals surface area contributed by atoms with Gasteiger partial charge >= 0.3 is 0 Å². The summed E-state index contributed by atoms with van der Waals surface area (Å²) in [5.74, 6) is -0.173. The van der Waals surface area contributed by atoms with Crippen molar-refractivity contribution in [1.82, 2.24) is 5.32 Å². The van der Waals surface area contributed by atoms with Gasteiger partial charge in [-0.3, -0.25) is 4.79 Å². The largest absolute Gasteiger partial charge is 0.481 e. The Kier molecular flexibility index (Phi) is 6.25. The van der Waals surface area contributed by atoms with Gasteiger partial charge in [0.15, 0.2) is 6.10 Å². The monoisotopic (exact) mass is 355 g/mol. The summed E-state index contributed by atoms with van der Waals surface area (Å²) in [5, 5.41) is 3.81. The molecule has 1 unspecified atom stereocenters. The summed E-state index contributed by atoms with van der Waals surface area (Å²) < 4.78 is 18.5. The Morgan fingerprint density at radius 3 is 2.52 bits per heavy atom. The predicted octanol–water partition coefficient (Wildman–Crippen LogP) is 4.61. The van der Waals surface area contributed by atoms with Gasteiger partial charge in [0.1, 0.15) is 11.6 Å². The molecule has 2 aromatic rings. The topological polar surface area (TPSA) is 38.3 Å².